The summed E-state index contributed by atoms with van der Waals surface area (Å²) in [4.78, 5) is 5.99. The second-order valence-electron chi connectivity index (χ2n) is 3.88. The highest BCUT2D eigenvalue weighted by Crippen LogP contribution is 2.25. The second-order valence-corrected chi connectivity index (χ2v) is 4.28. The summed E-state index contributed by atoms with van der Waals surface area (Å²) in [5.41, 5.74) is 7.12. The number of anilines is 2. The van der Waals surface area contributed by atoms with Crippen LogP contribution < -0.4 is 10.6 Å². The van der Waals surface area contributed by atoms with Crippen LogP contribution in [-0.4, -0.2) is 12.0 Å². The second kappa shape index (κ2) is 5.33. The molecule has 0 amide bonds. The lowest BCUT2D eigenvalue weighted by molar-refractivity contribution is 0.628. The molecule has 0 aliphatic carbocycles. The van der Waals surface area contributed by atoms with Crippen LogP contribution in [0.4, 0.5) is 15.9 Å². The minimum atomic E-state index is -0.285. The van der Waals surface area contributed by atoms with Crippen molar-refractivity contribution < 1.29 is 4.39 Å². The summed E-state index contributed by atoms with van der Waals surface area (Å²) in [6.45, 7) is 0.339. The summed E-state index contributed by atoms with van der Waals surface area (Å²) in [7, 11) is 1.81. The maximum absolute atomic E-state index is 13.2. The van der Waals surface area contributed by atoms with Crippen molar-refractivity contribution in [3.05, 3.63) is 52.9 Å². The SMILES string of the molecule is CN(c1cccc(F)c1)c1cc(CN)c(Cl)cn1. The largest absolute Gasteiger partial charge is 0.329 e. The van der Waals surface area contributed by atoms with E-state index in [2.05, 4.69) is 4.98 Å². The van der Waals surface area contributed by atoms with Crippen LogP contribution in [0, 0.1) is 5.82 Å². The third-order valence-electron chi connectivity index (χ3n) is 2.68. The number of nitrogens with two attached hydrogens (primary N) is 1. The molecule has 1 heterocycles. The summed E-state index contributed by atoms with van der Waals surface area (Å²) in [6.07, 6.45) is 1.55. The molecule has 0 unspecified atom stereocenters. The molecule has 18 heavy (non-hydrogen) atoms. The Morgan fingerprint density at radius 3 is 2.83 bits per heavy atom. The third-order valence-corrected chi connectivity index (χ3v) is 3.02. The zero-order chi connectivity index (χ0) is 13.1. The zero-order valence-corrected chi connectivity index (χ0v) is 10.7. The monoisotopic (exact) mass is 265 g/mol. The summed E-state index contributed by atoms with van der Waals surface area (Å²) in [5.74, 6) is 0.387. The summed E-state index contributed by atoms with van der Waals surface area (Å²) < 4.78 is 13.2. The molecular weight excluding hydrogens is 253 g/mol. The quantitative estimate of drug-likeness (QED) is 0.927. The van der Waals surface area contributed by atoms with E-state index in [1.807, 2.05) is 13.1 Å². The van der Waals surface area contributed by atoms with Crippen LogP contribution in [0.15, 0.2) is 36.5 Å². The molecular formula is C13H13ClFN3. The molecule has 0 atom stereocenters. The van der Waals surface area contributed by atoms with E-state index in [1.54, 1.807) is 23.2 Å². The van der Waals surface area contributed by atoms with E-state index < -0.39 is 0 Å². The van der Waals surface area contributed by atoms with Crippen LogP contribution in [0.2, 0.25) is 5.02 Å². The number of hydrogen-bond donors (Lipinski definition) is 1. The molecule has 2 N–H and O–H groups in total. The third kappa shape index (κ3) is 2.60. The first-order chi connectivity index (χ1) is 8.61. The molecule has 0 fully saturated rings. The lowest BCUT2D eigenvalue weighted by atomic mass is 10.2. The highest BCUT2D eigenvalue weighted by atomic mass is 35.5. The van der Waals surface area contributed by atoms with Gasteiger partial charge in [-0.05, 0) is 29.8 Å². The molecule has 0 bridgehead atoms. The Morgan fingerprint density at radius 1 is 1.39 bits per heavy atom. The molecule has 0 aliphatic rings. The molecule has 1 aromatic heterocycles. The van der Waals surface area contributed by atoms with Crippen molar-refractivity contribution in [1.29, 1.82) is 0 Å². The predicted octanol–water partition coefficient (Wildman–Crippen LogP) is 3.10. The van der Waals surface area contributed by atoms with Gasteiger partial charge in [0.05, 0.1) is 5.02 Å². The average Bonchev–Trinajstić information content (AvgIpc) is 2.38. The maximum Gasteiger partial charge on any atom is 0.133 e. The Balaban J connectivity index is 2.36. The summed E-state index contributed by atoms with van der Waals surface area (Å²) in [5, 5.41) is 0.536. The van der Waals surface area contributed by atoms with Gasteiger partial charge in [-0.15, -0.1) is 0 Å². The first kappa shape index (κ1) is 12.8. The first-order valence-corrected chi connectivity index (χ1v) is 5.83. The molecule has 2 aromatic rings. The normalized spacial score (nSPS) is 10.4. The van der Waals surface area contributed by atoms with Crippen LogP contribution in [-0.2, 0) is 6.54 Å². The van der Waals surface area contributed by atoms with E-state index in [4.69, 9.17) is 17.3 Å². The molecule has 94 valence electrons. The molecule has 3 nitrogen and oxygen atoms in total. The van der Waals surface area contributed by atoms with E-state index in [0.29, 0.717) is 23.1 Å². The molecule has 2 rings (SSSR count). The van der Waals surface area contributed by atoms with Crippen molar-refractivity contribution in [2.24, 2.45) is 5.73 Å². The molecule has 0 spiro atoms. The van der Waals surface area contributed by atoms with Crippen LogP contribution in [0.5, 0.6) is 0 Å². The minimum absolute atomic E-state index is 0.285. The molecule has 1 aromatic carbocycles. The van der Waals surface area contributed by atoms with Gasteiger partial charge in [0.2, 0.25) is 0 Å². The Kier molecular flexibility index (Phi) is 3.79. The van der Waals surface area contributed by atoms with Crippen LogP contribution in [0.3, 0.4) is 0 Å². The van der Waals surface area contributed by atoms with Gasteiger partial charge in [0, 0.05) is 25.5 Å². The van der Waals surface area contributed by atoms with Gasteiger partial charge in [-0.1, -0.05) is 17.7 Å². The number of pyridine rings is 1. The highest BCUT2D eigenvalue weighted by Gasteiger charge is 2.08. The topological polar surface area (TPSA) is 42.1 Å². The van der Waals surface area contributed by atoms with Gasteiger partial charge in [-0.3, -0.25) is 0 Å². The minimum Gasteiger partial charge on any atom is -0.329 e. The van der Waals surface area contributed by atoms with Gasteiger partial charge in [-0.2, -0.15) is 0 Å². The predicted molar refractivity (Wildman–Crippen MR) is 71.6 cm³/mol. The van der Waals surface area contributed by atoms with E-state index in [-0.39, 0.29) is 5.82 Å². The number of nitrogens with zero attached hydrogens (tertiary/aromatic N) is 2. The number of hydrogen-bond acceptors (Lipinski definition) is 3. The van der Waals surface area contributed by atoms with Gasteiger partial charge in [-0.25, -0.2) is 9.37 Å². The fourth-order valence-corrected chi connectivity index (χ4v) is 1.81. The summed E-state index contributed by atoms with van der Waals surface area (Å²) in [6, 6.07) is 8.10. The van der Waals surface area contributed by atoms with Crippen LogP contribution in [0.25, 0.3) is 0 Å². The highest BCUT2D eigenvalue weighted by molar-refractivity contribution is 6.31. The lowest BCUT2D eigenvalue weighted by Gasteiger charge is -2.19. The van der Waals surface area contributed by atoms with E-state index in [0.717, 1.165) is 5.56 Å². The number of halogens is 2. The Labute approximate surface area is 110 Å². The molecule has 0 radical (unpaired) electrons. The lowest BCUT2D eigenvalue weighted by Crippen LogP contribution is -2.12. The number of benzene rings is 1. The van der Waals surface area contributed by atoms with Crippen molar-refractivity contribution in [1.82, 2.24) is 4.98 Å². The smallest absolute Gasteiger partial charge is 0.133 e. The zero-order valence-electron chi connectivity index (χ0n) is 9.90. The van der Waals surface area contributed by atoms with Crippen molar-refractivity contribution in [2.45, 2.75) is 6.54 Å². The molecule has 5 heteroatoms. The van der Waals surface area contributed by atoms with E-state index in [1.165, 1.54) is 12.1 Å². The standard InChI is InChI=1S/C13H13ClFN3/c1-18(11-4-2-3-10(15)6-11)13-5-9(7-16)12(14)8-17-13/h2-6,8H,7,16H2,1H3. The van der Waals surface area contributed by atoms with E-state index >= 15 is 0 Å². The van der Waals surface area contributed by atoms with Gasteiger partial charge in [0.15, 0.2) is 0 Å². The fraction of sp³-hybridized carbons (Fsp3) is 0.154. The van der Waals surface area contributed by atoms with Gasteiger partial charge < -0.3 is 10.6 Å². The molecule has 0 saturated heterocycles. The Hall–Kier alpha value is -1.65. The fourth-order valence-electron chi connectivity index (χ4n) is 1.62. The number of aromatic nitrogens is 1. The van der Waals surface area contributed by atoms with Crippen molar-refractivity contribution >= 4 is 23.1 Å². The van der Waals surface area contributed by atoms with Gasteiger partial charge >= 0.3 is 0 Å². The Morgan fingerprint density at radius 2 is 2.17 bits per heavy atom. The van der Waals surface area contributed by atoms with Crippen LogP contribution >= 0.6 is 11.6 Å². The first-order valence-electron chi connectivity index (χ1n) is 5.45. The molecule has 0 saturated carbocycles. The maximum atomic E-state index is 13.2. The van der Waals surface area contributed by atoms with E-state index in [9.17, 15) is 4.39 Å². The van der Waals surface area contributed by atoms with Gasteiger partial charge in [0.1, 0.15) is 11.6 Å². The Bertz CT molecular complexity index is 560. The van der Waals surface area contributed by atoms with Crippen molar-refractivity contribution in [3.63, 3.8) is 0 Å². The van der Waals surface area contributed by atoms with Crippen molar-refractivity contribution in [3.8, 4) is 0 Å². The average molecular weight is 266 g/mol. The molecule has 0 aliphatic heterocycles. The number of rotatable bonds is 3. The van der Waals surface area contributed by atoms with Gasteiger partial charge in [0.25, 0.3) is 0 Å². The summed E-state index contributed by atoms with van der Waals surface area (Å²) >= 11 is 5.95. The van der Waals surface area contributed by atoms with Crippen molar-refractivity contribution in [2.75, 3.05) is 11.9 Å². The van der Waals surface area contributed by atoms with Crippen LogP contribution in [0.1, 0.15) is 5.56 Å².